The second-order valence-corrected chi connectivity index (χ2v) is 2.28. The molecule has 0 atom stereocenters. The molecule has 2 nitrogen and oxygen atoms in total. The van der Waals surface area contributed by atoms with Gasteiger partial charge in [-0.25, -0.2) is 0 Å². The third-order valence-corrected chi connectivity index (χ3v) is 1.55. The maximum Gasteiger partial charge on any atom is 0.0360 e. The van der Waals surface area contributed by atoms with Crippen LogP contribution in [0.3, 0.4) is 0 Å². The Kier molecular flexibility index (Phi) is 1.63. The molecule has 46 valence electrons. The summed E-state index contributed by atoms with van der Waals surface area (Å²) in [5.74, 6) is 0. The van der Waals surface area contributed by atoms with Gasteiger partial charge in [-0.2, -0.15) is 0 Å². The summed E-state index contributed by atoms with van der Waals surface area (Å²) in [5, 5.41) is 0. The number of rotatable bonds is 0. The molecule has 0 bridgehead atoms. The fourth-order valence-corrected chi connectivity index (χ4v) is 0.972. The van der Waals surface area contributed by atoms with Crippen molar-refractivity contribution in [3.05, 3.63) is 0 Å². The van der Waals surface area contributed by atoms with Gasteiger partial charge in [-0.1, -0.05) is 0 Å². The van der Waals surface area contributed by atoms with Crippen molar-refractivity contribution in [3.8, 4) is 0 Å². The Bertz CT molecular complexity index is 107. The lowest BCUT2D eigenvalue weighted by Crippen LogP contribution is -2.13. The Labute approximate surface area is 50.2 Å². The SMILES string of the molecule is C/N=C1/CCN(C)C1. The smallest absolute Gasteiger partial charge is 0.0360 e. The molecule has 1 aliphatic heterocycles. The van der Waals surface area contributed by atoms with Gasteiger partial charge in [-0.3, -0.25) is 4.99 Å². The van der Waals surface area contributed by atoms with E-state index in [0.717, 1.165) is 6.54 Å². The van der Waals surface area contributed by atoms with E-state index in [2.05, 4.69) is 16.9 Å². The van der Waals surface area contributed by atoms with Crippen LogP contribution in [-0.2, 0) is 0 Å². The van der Waals surface area contributed by atoms with Crippen LogP contribution >= 0.6 is 0 Å². The van der Waals surface area contributed by atoms with Gasteiger partial charge >= 0.3 is 0 Å². The number of hydrogen-bond acceptors (Lipinski definition) is 2. The minimum absolute atomic E-state index is 1.08. The third kappa shape index (κ3) is 1.07. The summed E-state index contributed by atoms with van der Waals surface area (Å²) in [6, 6.07) is 0. The zero-order chi connectivity index (χ0) is 5.98. The normalized spacial score (nSPS) is 27.5. The summed E-state index contributed by atoms with van der Waals surface area (Å²) in [4.78, 5) is 6.39. The maximum atomic E-state index is 4.11. The molecule has 0 aromatic heterocycles. The summed E-state index contributed by atoms with van der Waals surface area (Å²) in [5.41, 5.74) is 1.34. The van der Waals surface area contributed by atoms with Crippen molar-refractivity contribution in [3.63, 3.8) is 0 Å². The lowest BCUT2D eigenvalue weighted by Gasteiger charge is -2.01. The van der Waals surface area contributed by atoms with Crippen molar-refractivity contribution >= 4 is 5.71 Å². The topological polar surface area (TPSA) is 15.6 Å². The minimum atomic E-state index is 1.08. The van der Waals surface area contributed by atoms with Crippen LogP contribution in [0.1, 0.15) is 6.42 Å². The van der Waals surface area contributed by atoms with E-state index >= 15 is 0 Å². The maximum absolute atomic E-state index is 4.11. The van der Waals surface area contributed by atoms with Gasteiger partial charge in [0.1, 0.15) is 0 Å². The van der Waals surface area contributed by atoms with E-state index in [-0.39, 0.29) is 0 Å². The summed E-state index contributed by atoms with van der Waals surface area (Å²) in [6.07, 6.45) is 1.17. The molecule has 0 radical (unpaired) electrons. The first-order valence-corrected chi connectivity index (χ1v) is 2.96. The Morgan fingerprint density at radius 1 is 1.62 bits per heavy atom. The highest BCUT2D eigenvalue weighted by molar-refractivity contribution is 5.88. The Morgan fingerprint density at radius 2 is 2.38 bits per heavy atom. The molecule has 8 heavy (non-hydrogen) atoms. The molecule has 1 aliphatic rings. The van der Waals surface area contributed by atoms with Crippen LogP contribution in [0.4, 0.5) is 0 Å². The van der Waals surface area contributed by atoms with Gasteiger partial charge in [0.05, 0.1) is 0 Å². The molecule has 0 N–H and O–H groups in total. The highest BCUT2D eigenvalue weighted by atomic mass is 15.1. The van der Waals surface area contributed by atoms with Crippen LogP contribution in [0.25, 0.3) is 0 Å². The zero-order valence-corrected chi connectivity index (χ0v) is 5.52. The second kappa shape index (κ2) is 2.27. The van der Waals surface area contributed by atoms with Crippen molar-refractivity contribution in [2.24, 2.45) is 4.99 Å². The van der Waals surface area contributed by atoms with E-state index in [1.165, 1.54) is 18.7 Å². The largest absolute Gasteiger partial charge is 0.301 e. The highest BCUT2D eigenvalue weighted by Gasteiger charge is 2.11. The average molecular weight is 112 g/mol. The van der Waals surface area contributed by atoms with Crippen LogP contribution in [0.5, 0.6) is 0 Å². The standard InChI is InChI=1S/C6H12N2/c1-7-6-3-4-8(2)5-6/h3-5H2,1-2H3/b7-6-. The summed E-state index contributed by atoms with van der Waals surface area (Å²) in [7, 11) is 3.99. The molecule has 0 saturated carbocycles. The Balaban J connectivity index is 2.44. The van der Waals surface area contributed by atoms with Crippen molar-refractivity contribution in [1.82, 2.24) is 4.90 Å². The third-order valence-electron chi connectivity index (χ3n) is 1.55. The molecule has 0 amide bonds. The molecular weight excluding hydrogens is 100 g/mol. The van der Waals surface area contributed by atoms with Gasteiger partial charge in [-0.05, 0) is 13.5 Å². The molecule has 0 spiro atoms. The molecule has 1 rings (SSSR count). The van der Waals surface area contributed by atoms with E-state index in [1.807, 2.05) is 7.05 Å². The van der Waals surface area contributed by atoms with Crippen molar-refractivity contribution in [1.29, 1.82) is 0 Å². The molecule has 1 saturated heterocycles. The van der Waals surface area contributed by atoms with Crippen LogP contribution < -0.4 is 0 Å². The highest BCUT2D eigenvalue weighted by Crippen LogP contribution is 2.00. The predicted octanol–water partition coefficient (Wildman–Crippen LogP) is 0.393. The summed E-state index contributed by atoms with van der Waals surface area (Å²) < 4.78 is 0. The average Bonchev–Trinajstić information content (AvgIpc) is 2.14. The Hall–Kier alpha value is -0.370. The van der Waals surface area contributed by atoms with Crippen molar-refractivity contribution < 1.29 is 0 Å². The molecule has 0 aromatic carbocycles. The van der Waals surface area contributed by atoms with E-state index in [4.69, 9.17) is 0 Å². The first kappa shape index (κ1) is 5.76. The van der Waals surface area contributed by atoms with Crippen molar-refractivity contribution in [2.45, 2.75) is 6.42 Å². The van der Waals surface area contributed by atoms with Crippen LogP contribution in [-0.4, -0.2) is 37.8 Å². The van der Waals surface area contributed by atoms with E-state index in [1.54, 1.807) is 0 Å². The first-order chi connectivity index (χ1) is 3.83. The number of aliphatic imine (C=N–C) groups is 1. The molecular formula is C6H12N2. The van der Waals surface area contributed by atoms with E-state index < -0.39 is 0 Å². The molecule has 1 fully saturated rings. The lowest BCUT2D eigenvalue weighted by atomic mass is 10.3. The molecule has 2 heteroatoms. The van der Waals surface area contributed by atoms with Gasteiger partial charge in [0.15, 0.2) is 0 Å². The monoisotopic (exact) mass is 112 g/mol. The predicted molar refractivity (Wildman–Crippen MR) is 35.5 cm³/mol. The quantitative estimate of drug-likeness (QED) is 0.442. The lowest BCUT2D eigenvalue weighted by molar-refractivity contribution is 0.428. The minimum Gasteiger partial charge on any atom is -0.301 e. The second-order valence-electron chi connectivity index (χ2n) is 2.28. The van der Waals surface area contributed by atoms with Gasteiger partial charge in [-0.15, -0.1) is 0 Å². The summed E-state index contributed by atoms with van der Waals surface area (Å²) in [6.45, 7) is 2.27. The van der Waals surface area contributed by atoms with Gasteiger partial charge in [0, 0.05) is 25.8 Å². The fraction of sp³-hybridized carbons (Fsp3) is 0.833. The molecule has 0 unspecified atom stereocenters. The number of hydrogen-bond donors (Lipinski definition) is 0. The van der Waals surface area contributed by atoms with Crippen LogP contribution in [0.2, 0.25) is 0 Å². The van der Waals surface area contributed by atoms with E-state index in [0.29, 0.717) is 0 Å². The Morgan fingerprint density at radius 3 is 2.62 bits per heavy atom. The number of nitrogens with zero attached hydrogens (tertiary/aromatic N) is 2. The zero-order valence-electron chi connectivity index (χ0n) is 5.52. The first-order valence-electron chi connectivity index (χ1n) is 2.96. The van der Waals surface area contributed by atoms with Crippen LogP contribution in [0.15, 0.2) is 4.99 Å². The van der Waals surface area contributed by atoms with Crippen molar-refractivity contribution in [2.75, 3.05) is 27.2 Å². The summed E-state index contributed by atoms with van der Waals surface area (Å²) >= 11 is 0. The van der Waals surface area contributed by atoms with Gasteiger partial charge < -0.3 is 4.90 Å². The molecule has 0 aromatic rings. The van der Waals surface area contributed by atoms with Gasteiger partial charge in [0.2, 0.25) is 0 Å². The molecule has 1 heterocycles. The van der Waals surface area contributed by atoms with E-state index in [9.17, 15) is 0 Å². The fourth-order valence-electron chi connectivity index (χ4n) is 0.972. The number of likely N-dealkylation sites (tertiary alicyclic amines) is 1. The van der Waals surface area contributed by atoms with Gasteiger partial charge in [0.25, 0.3) is 0 Å². The molecule has 0 aliphatic carbocycles. The van der Waals surface area contributed by atoms with Crippen LogP contribution in [0, 0.1) is 0 Å².